The summed E-state index contributed by atoms with van der Waals surface area (Å²) in [6, 6.07) is 10.8. The molecule has 1 heterocycles. The minimum Gasteiger partial charge on any atom is -0.469 e. The van der Waals surface area contributed by atoms with E-state index in [0.29, 0.717) is 30.9 Å². The molecule has 4 aliphatic carbocycles. The molecule has 0 radical (unpaired) electrons. The van der Waals surface area contributed by atoms with Crippen LogP contribution in [0.3, 0.4) is 0 Å². The molecule has 168 valence electrons. The fraction of sp³-hybridized carbons (Fsp3) is 0.680. The van der Waals surface area contributed by atoms with Crippen molar-refractivity contribution in [3.05, 3.63) is 35.9 Å². The first-order chi connectivity index (χ1) is 15.0. The number of hydrogen-bond donors (Lipinski definition) is 1. The van der Waals surface area contributed by atoms with Crippen molar-refractivity contribution in [2.45, 2.75) is 57.2 Å². The molecule has 4 bridgehead atoms. The Hall–Kier alpha value is -1.92. The normalized spacial score (nSPS) is 37.9. The third kappa shape index (κ3) is 3.78. The summed E-state index contributed by atoms with van der Waals surface area (Å²) in [7, 11) is 1.50. The average Bonchev–Trinajstić information content (AvgIpc) is 2.80. The molecule has 4 atom stereocenters. The van der Waals surface area contributed by atoms with Gasteiger partial charge in [-0.05, 0) is 62.3 Å². The minimum atomic E-state index is -0.438. The molecule has 4 unspecified atom stereocenters. The van der Waals surface area contributed by atoms with Gasteiger partial charge in [0.1, 0.15) is 6.10 Å². The number of methoxy groups -OCH3 is 1. The van der Waals surface area contributed by atoms with E-state index in [1.165, 1.54) is 12.7 Å². The van der Waals surface area contributed by atoms with Crippen LogP contribution in [0.2, 0.25) is 0 Å². The van der Waals surface area contributed by atoms with Crippen LogP contribution in [0.4, 0.5) is 0 Å². The highest BCUT2D eigenvalue weighted by molar-refractivity contribution is 5.82. The first-order valence-corrected chi connectivity index (χ1v) is 11.8. The van der Waals surface area contributed by atoms with Crippen LogP contribution in [-0.4, -0.2) is 55.7 Å². The maximum Gasteiger partial charge on any atom is 0.311 e. The lowest BCUT2D eigenvalue weighted by Crippen LogP contribution is -2.63. The van der Waals surface area contributed by atoms with Gasteiger partial charge < -0.3 is 14.8 Å². The van der Waals surface area contributed by atoms with E-state index >= 15 is 0 Å². The molecule has 1 saturated heterocycles. The Morgan fingerprint density at radius 2 is 1.87 bits per heavy atom. The van der Waals surface area contributed by atoms with Gasteiger partial charge in [-0.15, -0.1) is 0 Å². The number of nitrogens with zero attached hydrogens (tertiary/aromatic N) is 1. The van der Waals surface area contributed by atoms with E-state index in [1.54, 1.807) is 0 Å². The van der Waals surface area contributed by atoms with Gasteiger partial charge in [0, 0.05) is 25.2 Å². The van der Waals surface area contributed by atoms with E-state index in [2.05, 4.69) is 41.4 Å². The highest BCUT2D eigenvalue weighted by atomic mass is 16.5. The molecule has 6 rings (SSSR count). The number of esters is 1. The van der Waals surface area contributed by atoms with Crippen molar-refractivity contribution in [3.8, 4) is 0 Å². The second-order valence-corrected chi connectivity index (χ2v) is 10.2. The van der Waals surface area contributed by atoms with Gasteiger partial charge in [0.25, 0.3) is 5.91 Å². The number of morpholine rings is 1. The van der Waals surface area contributed by atoms with Crippen LogP contribution in [-0.2, 0) is 19.1 Å². The highest BCUT2D eigenvalue weighted by Gasteiger charge is 2.59. The predicted molar refractivity (Wildman–Crippen MR) is 116 cm³/mol. The van der Waals surface area contributed by atoms with Gasteiger partial charge in [0.05, 0.1) is 19.1 Å². The molecule has 0 aromatic heterocycles. The van der Waals surface area contributed by atoms with Crippen LogP contribution >= 0.6 is 0 Å². The first kappa shape index (κ1) is 21.0. The van der Waals surface area contributed by atoms with E-state index in [-0.39, 0.29) is 29.4 Å². The zero-order chi connectivity index (χ0) is 21.6. The third-order valence-corrected chi connectivity index (χ3v) is 8.42. The van der Waals surface area contributed by atoms with Crippen molar-refractivity contribution in [2.75, 3.05) is 26.8 Å². The second kappa shape index (κ2) is 8.21. The van der Waals surface area contributed by atoms with Gasteiger partial charge in [-0.2, -0.15) is 0 Å². The summed E-state index contributed by atoms with van der Waals surface area (Å²) < 4.78 is 11.1. The topological polar surface area (TPSA) is 67.9 Å². The van der Waals surface area contributed by atoms with Gasteiger partial charge in [-0.1, -0.05) is 30.3 Å². The summed E-state index contributed by atoms with van der Waals surface area (Å²) in [5, 5.41) is 3.36. The van der Waals surface area contributed by atoms with E-state index in [4.69, 9.17) is 9.47 Å². The van der Waals surface area contributed by atoms with Crippen molar-refractivity contribution in [1.82, 2.24) is 10.2 Å². The maximum absolute atomic E-state index is 13.2. The molecule has 1 aliphatic heterocycles. The molecule has 5 aliphatic rings. The SMILES string of the molecule is COC(=O)C12CC3CC(C1)C(NC(=O)C1CN(C(C)c4ccccc4)CCO1)C(C3)C2. The largest absolute Gasteiger partial charge is 0.469 e. The number of hydrogen-bond acceptors (Lipinski definition) is 5. The molecule has 1 aromatic carbocycles. The van der Waals surface area contributed by atoms with Crippen molar-refractivity contribution in [1.29, 1.82) is 0 Å². The fourth-order valence-electron chi connectivity index (χ4n) is 7.11. The molecule has 1 aromatic rings. The summed E-state index contributed by atoms with van der Waals surface area (Å²) in [4.78, 5) is 28.1. The molecule has 1 N–H and O–H groups in total. The maximum atomic E-state index is 13.2. The highest BCUT2D eigenvalue weighted by Crippen LogP contribution is 2.60. The average molecular weight is 427 g/mol. The van der Waals surface area contributed by atoms with E-state index in [1.807, 2.05) is 6.07 Å². The Labute approximate surface area is 184 Å². The Morgan fingerprint density at radius 3 is 2.55 bits per heavy atom. The van der Waals surface area contributed by atoms with Crippen LogP contribution in [0.5, 0.6) is 0 Å². The number of ether oxygens (including phenoxy) is 2. The summed E-state index contributed by atoms with van der Waals surface area (Å²) >= 11 is 0. The zero-order valence-corrected chi connectivity index (χ0v) is 18.6. The second-order valence-electron chi connectivity index (χ2n) is 10.2. The van der Waals surface area contributed by atoms with Gasteiger partial charge >= 0.3 is 5.97 Å². The van der Waals surface area contributed by atoms with Crippen molar-refractivity contribution in [2.24, 2.45) is 23.2 Å². The number of rotatable bonds is 5. The fourth-order valence-corrected chi connectivity index (χ4v) is 7.11. The summed E-state index contributed by atoms with van der Waals surface area (Å²) in [6.45, 7) is 4.20. The molecule has 31 heavy (non-hydrogen) atoms. The number of carbonyl (C=O) groups excluding carboxylic acids is 2. The van der Waals surface area contributed by atoms with Gasteiger partial charge in [0.15, 0.2) is 0 Å². The zero-order valence-electron chi connectivity index (χ0n) is 18.6. The van der Waals surface area contributed by atoms with Crippen LogP contribution in [0.25, 0.3) is 0 Å². The molecule has 5 fully saturated rings. The number of amides is 1. The lowest BCUT2D eigenvalue weighted by molar-refractivity contribution is -0.172. The van der Waals surface area contributed by atoms with Gasteiger partial charge in [-0.25, -0.2) is 0 Å². The Morgan fingerprint density at radius 1 is 1.16 bits per heavy atom. The molecule has 6 nitrogen and oxygen atoms in total. The molecule has 1 amide bonds. The van der Waals surface area contributed by atoms with Crippen molar-refractivity contribution in [3.63, 3.8) is 0 Å². The molecular formula is C25H34N2O4. The summed E-state index contributed by atoms with van der Waals surface area (Å²) in [5.41, 5.74) is 0.952. The van der Waals surface area contributed by atoms with E-state index in [9.17, 15) is 9.59 Å². The van der Waals surface area contributed by atoms with Crippen molar-refractivity contribution >= 4 is 11.9 Å². The van der Waals surface area contributed by atoms with Crippen LogP contribution in [0.15, 0.2) is 30.3 Å². The molecular weight excluding hydrogens is 392 g/mol. The monoisotopic (exact) mass is 426 g/mol. The lowest BCUT2D eigenvalue weighted by Gasteiger charge is -2.58. The first-order valence-electron chi connectivity index (χ1n) is 11.8. The Kier molecular flexibility index (Phi) is 5.55. The number of carbonyl (C=O) groups is 2. The number of nitrogens with one attached hydrogen (secondary N) is 1. The predicted octanol–water partition coefficient (Wildman–Crippen LogP) is 2.93. The number of benzene rings is 1. The van der Waals surface area contributed by atoms with Gasteiger partial charge in [-0.3, -0.25) is 14.5 Å². The van der Waals surface area contributed by atoms with Gasteiger partial charge in [0.2, 0.25) is 0 Å². The summed E-state index contributed by atoms with van der Waals surface area (Å²) in [5.74, 6) is 1.31. The minimum absolute atomic E-state index is 0.00885. The Balaban J connectivity index is 1.23. The molecule has 0 spiro atoms. The molecule has 4 saturated carbocycles. The van der Waals surface area contributed by atoms with Crippen LogP contribution in [0.1, 0.15) is 50.6 Å². The van der Waals surface area contributed by atoms with Crippen molar-refractivity contribution < 1.29 is 19.1 Å². The summed E-state index contributed by atoms with van der Waals surface area (Å²) in [6.07, 6.45) is 4.45. The Bertz CT molecular complexity index is 812. The quantitative estimate of drug-likeness (QED) is 0.734. The van der Waals surface area contributed by atoms with E-state index in [0.717, 1.165) is 38.6 Å². The van der Waals surface area contributed by atoms with E-state index < -0.39 is 6.10 Å². The van der Waals surface area contributed by atoms with Crippen LogP contribution < -0.4 is 5.32 Å². The lowest BCUT2D eigenvalue weighted by atomic mass is 9.48. The smallest absolute Gasteiger partial charge is 0.311 e. The standard InChI is InChI=1S/C25H34N2O4/c1-16(18-6-4-3-5-7-18)27-8-9-31-21(15-27)23(28)26-22-19-10-17-11-20(22)14-25(12-17,13-19)24(29)30-2/h3-7,16-17,19-22H,8-15H2,1-2H3,(H,26,28). The molecule has 6 heteroatoms. The van der Waals surface area contributed by atoms with Crippen LogP contribution in [0, 0.1) is 23.2 Å². The third-order valence-electron chi connectivity index (χ3n) is 8.42.